The zero-order valence-corrected chi connectivity index (χ0v) is 13.9. The average molecular weight is 321 g/mol. The maximum Gasteiger partial charge on any atom is 0.324 e. The number of unbranched alkanes of at least 4 members (excludes halogenated alkanes) is 2. The van der Waals surface area contributed by atoms with Crippen LogP contribution in [0.25, 0.3) is 0 Å². The third kappa shape index (κ3) is 5.37. The first kappa shape index (κ1) is 17.5. The first-order valence-electron chi connectivity index (χ1n) is 8.32. The van der Waals surface area contributed by atoms with Crippen LogP contribution in [0, 0.1) is 6.92 Å². The molecule has 1 atom stereocenters. The van der Waals surface area contributed by atoms with Gasteiger partial charge < -0.3 is 9.88 Å². The molecule has 2 rings (SSSR count). The normalized spacial score (nSPS) is 16.0. The van der Waals surface area contributed by atoms with Crippen molar-refractivity contribution in [1.82, 2.24) is 26.1 Å². The summed E-state index contributed by atoms with van der Waals surface area (Å²) in [6.45, 7) is 5.92. The van der Waals surface area contributed by atoms with Crippen molar-refractivity contribution in [2.24, 2.45) is 0 Å². The maximum atomic E-state index is 11.4. The minimum atomic E-state index is -0.262. The molecule has 0 radical (unpaired) electrons. The lowest BCUT2D eigenvalue weighted by Crippen LogP contribution is -2.36. The summed E-state index contributed by atoms with van der Waals surface area (Å²) in [7, 11) is 0. The number of H-pyrrole nitrogens is 1. The predicted molar refractivity (Wildman–Crippen MR) is 88.7 cm³/mol. The number of hydrazine groups is 1. The topological polar surface area (TPSA) is 89.3 Å². The van der Waals surface area contributed by atoms with Crippen LogP contribution in [0.5, 0.6) is 0 Å². The Morgan fingerprint density at radius 1 is 1.26 bits per heavy atom. The van der Waals surface area contributed by atoms with Crippen molar-refractivity contribution in [3.8, 4) is 0 Å². The van der Waals surface area contributed by atoms with E-state index >= 15 is 0 Å². The van der Waals surface area contributed by atoms with Gasteiger partial charge in [0.15, 0.2) is 0 Å². The highest BCUT2D eigenvalue weighted by atomic mass is 16.2. The van der Waals surface area contributed by atoms with Crippen LogP contribution in [0.4, 0.5) is 4.79 Å². The van der Waals surface area contributed by atoms with Gasteiger partial charge in [0, 0.05) is 24.5 Å². The first-order valence-corrected chi connectivity index (χ1v) is 8.32. The van der Waals surface area contributed by atoms with E-state index in [1.807, 2.05) is 0 Å². The summed E-state index contributed by atoms with van der Waals surface area (Å²) in [6.07, 6.45) is 3.96. The molecule has 1 saturated heterocycles. The molecule has 23 heavy (non-hydrogen) atoms. The number of carbonyl (C=O) groups excluding carboxylic acids is 2. The second-order valence-corrected chi connectivity index (χ2v) is 5.96. The Bertz CT molecular complexity index is 528. The molecule has 1 aromatic rings. The van der Waals surface area contributed by atoms with Crippen LogP contribution in [0.15, 0.2) is 12.1 Å². The Hall–Kier alpha value is -1.86. The number of rotatable bonds is 10. The van der Waals surface area contributed by atoms with Crippen molar-refractivity contribution in [2.75, 3.05) is 19.6 Å². The number of imide groups is 1. The first-order chi connectivity index (χ1) is 11.1. The number of amides is 3. The fourth-order valence-electron chi connectivity index (χ4n) is 2.68. The average Bonchev–Trinajstić information content (AvgIpc) is 3.08. The third-order valence-corrected chi connectivity index (χ3v) is 4.01. The van der Waals surface area contributed by atoms with Gasteiger partial charge in [0.1, 0.15) is 6.54 Å². The van der Waals surface area contributed by atoms with Gasteiger partial charge in [-0.1, -0.05) is 13.3 Å². The van der Waals surface area contributed by atoms with E-state index < -0.39 is 0 Å². The molecule has 1 aliphatic rings. The molecule has 0 aromatic carbocycles. The summed E-state index contributed by atoms with van der Waals surface area (Å²) < 4.78 is 0. The Balaban J connectivity index is 1.53. The molecule has 7 heteroatoms. The number of urea groups is 1. The number of aryl methyl sites for hydroxylation is 1. The van der Waals surface area contributed by atoms with Gasteiger partial charge in [0.05, 0.1) is 6.04 Å². The van der Waals surface area contributed by atoms with E-state index in [4.69, 9.17) is 0 Å². The van der Waals surface area contributed by atoms with Crippen LogP contribution in [0.1, 0.15) is 50.0 Å². The summed E-state index contributed by atoms with van der Waals surface area (Å²) in [5.74, 6) is -0.203. The van der Waals surface area contributed by atoms with Gasteiger partial charge >= 0.3 is 6.03 Å². The van der Waals surface area contributed by atoms with Gasteiger partial charge in [0.2, 0.25) is 5.91 Å². The molecule has 0 saturated carbocycles. The number of nitrogens with zero attached hydrogens (tertiary/aromatic N) is 1. The molecule has 0 spiro atoms. The number of aromatic amines is 1. The lowest BCUT2D eigenvalue weighted by Gasteiger charge is -2.17. The molecule has 1 aliphatic heterocycles. The van der Waals surface area contributed by atoms with Crippen molar-refractivity contribution in [3.05, 3.63) is 23.5 Å². The smallest absolute Gasteiger partial charge is 0.324 e. The lowest BCUT2D eigenvalue weighted by molar-refractivity contribution is -0.118. The van der Waals surface area contributed by atoms with Crippen molar-refractivity contribution in [2.45, 2.75) is 45.6 Å². The summed E-state index contributed by atoms with van der Waals surface area (Å²) >= 11 is 0. The van der Waals surface area contributed by atoms with Crippen molar-refractivity contribution in [3.63, 3.8) is 0 Å². The van der Waals surface area contributed by atoms with Gasteiger partial charge in [-0.15, -0.1) is 0 Å². The Kier molecular flexibility index (Phi) is 6.61. The number of hydrogen-bond donors (Lipinski definition) is 4. The quantitative estimate of drug-likeness (QED) is 0.299. The SMILES string of the molecule is CCC(NNCCCCCN1CC(=O)NC1=O)c1ccc(C)[nH]1. The fourth-order valence-corrected chi connectivity index (χ4v) is 2.68. The molecule has 7 nitrogen and oxygen atoms in total. The van der Waals surface area contributed by atoms with E-state index in [9.17, 15) is 9.59 Å². The second kappa shape index (κ2) is 8.69. The number of nitrogens with one attached hydrogen (secondary N) is 4. The lowest BCUT2D eigenvalue weighted by atomic mass is 10.2. The third-order valence-electron chi connectivity index (χ3n) is 4.01. The van der Waals surface area contributed by atoms with Gasteiger partial charge in [0.25, 0.3) is 0 Å². The van der Waals surface area contributed by atoms with Crippen molar-refractivity contribution < 1.29 is 9.59 Å². The van der Waals surface area contributed by atoms with Crippen LogP contribution in [-0.2, 0) is 4.79 Å². The summed E-state index contributed by atoms with van der Waals surface area (Å²) in [4.78, 5) is 27.3. The Morgan fingerprint density at radius 3 is 2.70 bits per heavy atom. The highest BCUT2D eigenvalue weighted by molar-refractivity contribution is 6.01. The zero-order valence-electron chi connectivity index (χ0n) is 13.9. The van der Waals surface area contributed by atoms with E-state index in [0.717, 1.165) is 32.2 Å². The second-order valence-electron chi connectivity index (χ2n) is 5.96. The van der Waals surface area contributed by atoms with Crippen molar-refractivity contribution >= 4 is 11.9 Å². The molecule has 2 heterocycles. The van der Waals surface area contributed by atoms with E-state index in [0.29, 0.717) is 6.54 Å². The van der Waals surface area contributed by atoms with Crippen LogP contribution in [0.3, 0.4) is 0 Å². The molecule has 4 N–H and O–H groups in total. The van der Waals surface area contributed by atoms with E-state index in [2.05, 4.69) is 47.1 Å². The maximum absolute atomic E-state index is 11.4. The molecule has 3 amide bonds. The van der Waals surface area contributed by atoms with Gasteiger partial charge in [-0.2, -0.15) is 0 Å². The number of hydrogen-bond acceptors (Lipinski definition) is 4. The van der Waals surface area contributed by atoms with E-state index in [-0.39, 0.29) is 24.5 Å². The minimum Gasteiger partial charge on any atom is -0.361 e. The van der Waals surface area contributed by atoms with Crippen LogP contribution in [-0.4, -0.2) is 41.5 Å². The van der Waals surface area contributed by atoms with Gasteiger partial charge in [-0.25, -0.2) is 10.2 Å². The minimum absolute atomic E-state index is 0.201. The number of aromatic nitrogens is 1. The Morgan fingerprint density at radius 2 is 2.09 bits per heavy atom. The van der Waals surface area contributed by atoms with Gasteiger partial charge in [-0.3, -0.25) is 15.5 Å². The zero-order chi connectivity index (χ0) is 16.7. The molecule has 0 bridgehead atoms. The summed E-state index contributed by atoms with van der Waals surface area (Å²) in [5.41, 5.74) is 8.98. The van der Waals surface area contributed by atoms with Crippen molar-refractivity contribution in [1.29, 1.82) is 0 Å². The largest absolute Gasteiger partial charge is 0.361 e. The summed E-state index contributed by atoms with van der Waals surface area (Å²) in [5, 5.41) is 2.29. The fraction of sp³-hybridized carbons (Fsp3) is 0.625. The predicted octanol–water partition coefficient (Wildman–Crippen LogP) is 1.59. The Labute approximate surface area is 137 Å². The highest BCUT2D eigenvalue weighted by Gasteiger charge is 2.25. The van der Waals surface area contributed by atoms with E-state index in [1.165, 1.54) is 11.4 Å². The molecule has 0 aliphatic carbocycles. The molecule has 1 fully saturated rings. The molecular weight excluding hydrogens is 294 g/mol. The van der Waals surface area contributed by atoms with Crippen LogP contribution in [0.2, 0.25) is 0 Å². The standard InChI is InChI=1S/C16H27N5O2/c1-3-13(14-8-7-12(2)18-14)20-17-9-5-4-6-10-21-11-15(22)19-16(21)23/h7-8,13,17-18,20H,3-6,9-11H2,1-2H3,(H,19,22,23). The monoisotopic (exact) mass is 321 g/mol. The molecule has 128 valence electrons. The molecule has 1 unspecified atom stereocenters. The highest BCUT2D eigenvalue weighted by Crippen LogP contribution is 2.14. The molecule has 1 aromatic heterocycles. The molecular formula is C16H27N5O2. The van der Waals surface area contributed by atoms with Gasteiger partial charge in [-0.05, 0) is 38.3 Å². The van der Waals surface area contributed by atoms with Crippen LogP contribution < -0.4 is 16.2 Å². The number of carbonyl (C=O) groups is 2. The van der Waals surface area contributed by atoms with Crippen LogP contribution >= 0.6 is 0 Å². The van der Waals surface area contributed by atoms with E-state index in [1.54, 1.807) is 4.90 Å². The summed E-state index contributed by atoms with van der Waals surface area (Å²) in [6, 6.07) is 4.21.